The molecule has 0 bridgehead atoms. The molecule has 0 spiro atoms. The minimum absolute atomic E-state index is 0.160. The van der Waals surface area contributed by atoms with Gasteiger partial charge in [0.05, 0.1) is 0 Å². The summed E-state index contributed by atoms with van der Waals surface area (Å²) in [5.74, 6) is -0.163. The normalized spacial score (nSPS) is 10.3. The van der Waals surface area contributed by atoms with Crippen molar-refractivity contribution < 1.29 is 13.6 Å². The molecule has 2 rings (SSSR count). The minimum Gasteiger partial charge on any atom is -0.444 e. The first kappa shape index (κ1) is 9.58. The van der Waals surface area contributed by atoms with Gasteiger partial charge in [-0.1, -0.05) is 0 Å². The topological polar surface area (TPSA) is 43.1 Å². The lowest BCUT2D eigenvalue weighted by atomic mass is 10.2. The van der Waals surface area contributed by atoms with Crippen LogP contribution < -0.4 is 0 Å². The number of carbonyl (C=O) groups excluding carboxylic acids is 1. The van der Waals surface area contributed by atoms with E-state index in [0.717, 1.165) is 0 Å². The highest BCUT2D eigenvalue weighted by Crippen LogP contribution is 2.18. The van der Waals surface area contributed by atoms with Gasteiger partial charge in [0.15, 0.2) is 5.78 Å². The van der Waals surface area contributed by atoms with E-state index >= 15 is 0 Å². The fourth-order valence-electron chi connectivity index (χ4n) is 1.16. The Morgan fingerprint density at radius 2 is 2.00 bits per heavy atom. The lowest BCUT2D eigenvalue weighted by Gasteiger charge is -1.93. The molecular formula is C11H8FNO2. The molecule has 1 heterocycles. The maximum Gasteiger partial charge on any atom is 0.226 e. The van der Waals surface area contributed by atoms with Gasteiger partial charge in [0, 0.05) is 12.5 Å². The zero-order valence-corrected chi connectivity index (χ0v) is 8.03. The van der Waals surface area contributed by atoms with E-state index in [1.165, 1.54) is 25.3 Å². The summed E-state index contributed by atoms with van der Waals surface area (Å²) in [5.41, 5.74) is 0.915. The summed E-state index contributed by atoms with van der Waals surface area (Å²) in [6.45, 7) is 1.41. The van der Waals surface area contributed by atoms with Gasteiger partial charge in [0.2, 0.25) is 5.89 Å². The Morgan fingerprint density at radius 3 is 2.53 bits per heavy atom. The van der Waals surface area contributed by atoms with Crippen LogP contribution in [0.25, 0.3) is 11.5 Å². The molecule has 0 aliphatic carbocycles. The molecule has 0 saturated carbocycles. The van der Waals surface area contributed by atoms with Gasteiger partial charge < -0.3 is 4.42 Å². The molecule has 0 aliphatic heterocycles. The van der Waals surface area contributed by atoms with Crippen LogP contribution in [-0.2, 0) is 0 Å². The quantitative estimate of drug-likeness (QED) is 0.708. The molecule has 0 N–H and O–H groups in total. The van der Waals surface area contributed by atoms with Crippen LogP contribution in [0.15, 0.2) is 34.9 Å². The van der Waals surface area contributed by atoms with Crippen molar-refractivity contribution >= 4 is 5.78 Å². The molecule has 2 aromatic rings. The number of rotatable bonds is 2. The van der Waals surface area contributed by atoms with Crippen LogP contribution in [0.1, 0.15) is 17.4 Å². The number of halogens is 1. The standard InChI is InChI=1S/C11H8FNO2/c1-7(14)10-6-15-11(13-10)8-2-4-9(12)5-3-8/h2-6H,1H3. The Labute approximate surface area is 85.6 Å². The van der Waals surface area contributed by atoms with Gasteiger partial charge in [0.25, 0.3) is 0 Å². The van der Waals surface area contributed by atoms with Gasteiger partial charge in [0.1, 0.15) is 17.8 Å². The molecule has 0 saturated heterocycles. The zero-order valence-electron chi connectivity index (χ0n) is 8.03. The van der Waals surface area contributed by atoms with Crippen LogP contribution in [0, 0.1) is 5.82 Å². The van der Waals surface area contributed by atoms with Crippen molar-refractivity contribution in [1.82, 2.24) is 4.98 Å². The second kappa shape index (κ2) is 3.65. The predicted octanol–water partition coefficient (Wildman–Crippen LogP) is 2.68. The lowest BCUT2D eigenvalue weighted by molar-refractivity contribution is 0.101. The molecule has 0 radical (unpaired) electrons. The van der Waals surface area contributed by atoms with E-state index in [9.17, 15) is 9.18 Å². The first-order valence-corrected chi connectivity index (χ1v) is 4.39. The van der Waals surface area contributed by atoms with Crippen molar-refractivity contribution in [3.63, 3.8) is 0 Å². The van der Waals surface area contributed by atoms with Gasteiger partial charge in [-0.3, -0.25) is 4.79 Å². The molecule has 3 nitrogen and oxygen atoms in total. The third-order valence-corrected chi connectivity index (χ3v) is 1.96. The van der Waals surface area contributed by atoms with Crippen LogP contribution in [0.3, 0.4) is 0 Å². The Balaban J connectivity index is 2.37. The highest BCUT2D eigenvalue weighted by atomic mass is 19.1. The number of aromatic nitrogens is 1. The molecule has 76 valence electrons. The van der Waals surface area contributed by atoms with Gasteiger partial charge in [-0.05, 0) is 24.3 Å². The third kappa shape index (κ3) is 1.93. The summed E-state index contributed by atoms with van der Waals surface area (Å²) in [7, 11) is 0. The predicted molar refractivity (Wildman–Crippen MR) is 51.9 cm³/mol. The average Bonchev–Trinajstić information content (AvgIpc) is 2.68. The Kier molecular flexibility index (Phi) is 2.33. The zero-order chi connectivity index (χ0) is 10.8. The largest absolute Gasteiger partial charge is 0.444 e. The lowest BCUT2D eigenvalue weighted by Crippen LogP contribution is -1.91. The van der Waals surface area contributed by atoms with Crippen LogP contribution in [-0.4, -0.2) is 10.8 Å². The summed E-state index contributed by atoms with van der Waals surface area (Å²) in [6, 6.07) is 5.72. The summed E-state index contributed by atoms with van der Waals surface area (Å²) in [4.78, 5) is 14.9. The van der Waals surface area contributed by atoms with Crippen LogP contribution in [0.2, 0.25) is 0 Å². The second-order valence-corrected chi connectivity index (χ2v) is 3.10. The molecule has 0 aliphatic rings. The van der Waals surface area contributed by atoms with Crippen molar-refractivity contribution in [2.45, 2.75) is 6.92 Å². The Morgan fingerprint density at radius 1 is 1.33 bits per heavy atom. The number of Topliss-reactive ketones (excluding diaryl/α,β-unsaturated/α-hetero) is 1. The molecule has 1 aromatic carbocycles. The number of oxazole rings is 1. The smallest absolute Gasteiger partial charge is 0.226 e. The number of benzene rings is 1. The Hall–Kier alpha value is -1.97. The van der Waals surface area contributed by atoms with Crippen molar-refractivity contribution in [2.75, 3.05) is 0 Å². The average molecular weight is 205 g/mol. The van der Waals surface area contributed by atoms with Crippen molar-refractivity contribution in [3.05, 3.63) is 42.0 Å². The summed E-state index contributed by atoms with van der Waals surface area (Å²) in [6.07, 6.45) is 1.29. The van der Waals surface area contributed by atoms with E-state index in [4.69, 9.17) is 4.42 Å². The molecule has 15 heavy (non-hydrogen) atoms. The van der Waals surface area contributed by atoms with Crippen molar-refractivity contribution in [3.8, 4) is 11.5 Å². The number of hydrogen-bond donors (Lipinski definition) is 0. The molecule has 0 unspecified atom stereocenters. The number of carbonyl (C=O) groups is 1. The molecule has 0 atom stereocenters. The fourth-order valence-corrected chi connectivity index (χ4v) is 1.16. The monoisotopic (exact) mass is 205 g/mol. The minimum atomic E-state index is -0.322. The molecule has 0 amide bonds. The van der Waals surface area contributed by atoms with E-state index in [1.807, 2.05) is 0 Å². The van der Waals surface area contributed by atoms with Crippen LogP contribution in [0.5, 0.6) is 0 Å². The van der Waals surface area contributed by atoms with Crippen molar-refractivity contribution in [2.24, 2.45) is 0 Å². The molecule has 0 fully saturated rings. The SMILES string of the molecule is CC(=O)c1coc(-c2ccc(F)cc2)n1. The van der Waals surface area contributed by atoms with E-state index in [-0.39, 0.29) is 17.3 Å². The first-order chi connectivity index (χ1) is 7.16. The number of nitrogens with zero attached hydrogens (tertiary/aromatic N) is 1. The summed E-state index contributed by atoms with van der Waals surface area (Å²) < 4.78 is 17.7. The van der Waals surface area contributed by atoms with E-state index in [0.29, 0.717) is 11.5 Å². The highest BCUT2D eigenvalue weighted by molar-refractivity contribution is 5.92. The van der Waals surface area contributed by atoms with Crippen LogP contribution in [0.4, 0.5) is 4.39 Å². The van der Waals surface area contributed by atoms with Gasteiger partial charge >= 0.3 is 0 Å². The molecular weight excluding hydrogens is 197 g/mol. The van der Waals surface area contributed by atoms with E-state index in [2.05, 4.69) is 4.98 Å². The van der Waals surface area contributed by atoms with E-state index in [1.54, 1.807) is 12.1 Å². The summed E-state index contributed by atoms with van der Waals surface area (Å²) >= 11 is 0. The van der Waals surface area contributed by atoms with Gasteiger partial charge in [-0.15, -0.1) is 0 Å². The first-order valence-electron chi connectivity index (χ1n) is 4.39. The maximum absolute atomic E-state index is 12.6. The third-order valence-electron chi connectivity index (χ3n) is 1.96. The van der Waals surface area contributed by atoms with E-state index < -0.39 is 0 Å². The highest BCUT2D eigenvalue weighted by Gasteiger charge is 2.09. The number of ketones is 1. The second-order valence-electron chi connectivity index (χ2n) is 3.10. The number of hydrogen-bond acceptors (Lipinski definition) is 3. The Bertz CT molecular complexity index is 488. The van der Waals surface area contributed by atoms with Gasteiger partial charge in [-0.2, -0.15) is 0 Å². The molecule has 4 heteroatoms. The fraction of sp³-hybridized carbons (Fsp3) is 0.0909. The molecule has 1 aromatic heterocycles. The van der Waals surface area contributed by atoms with Gasteiger partial charge in [-0.25, -0.2) is 9.37 Å². The maximum atomic E-state index is 12.6. The van der Waals surface area contributed by atoms with Crippen LogP contribution >= 0.6 is 0 Å². The van der Waals surface area contributed by atoms with Crippen molar-refractivity contribution in [1.29, 1.82) is 0 Å². The summed E-state index contributed by atoms with van der Waals surface area (Å²) in [5, 5.41) is 0.